The molecule has 1 amide bonds. The van der Waals surface area contributed by atoms with Crippen molar-refractivity contribution in [2.75, 3.05) is 11.9 Å². The van der Waals surface area contributed by atoms with Crippen molar-refractivity contribution in [2.24, 2.45) is 0 Å². The molecule has 6 rings (SSSR count). The maximum Gasteiger partial charge on any atom is 0.256 e. The van der Waals surface area contributed by atoms with Gasteiger partial charge in [0.2, 0.25) is 0 Å². The van der Waals surface area contributed by atoms with Crippen LogP contribution in [0.3, 0.4) is 0 Å². The Bertz CT molecular complexity index is 1300. The van der Waals surface area contributed by atoms with E-state index in [0.717, 1.165) is 24.0 Å². The highest BCUT2D eigenvalue weighted by molar-refractivity contribution is 6.30. The summed E-state index contributed by atoms with van der Waals surface area (Å²) in [6.45, 7) is 1.06. The van der Waals surface area contributed by atoms with Gasteiger partial charge in [0.05, 0.1) is 5.92 Å². The molecule has 0 radical (unpaired) electrons. The first-order valence-corrected chi connectivity index (χ1v) is 12.2. The molecule has 3 aromatic carbocycles. The summed E-state index contributed by atoms with van der Waals surface area (Å²) in [6, 6.07) is 21.2. The number of anilines is 1. The number of nitro groups is 1. The van der Waals surface area contributed by atoms with Crippen molar-refractivity contribution in [3.8, 4) is 5.75 Å². The Hall–Kier alpha value is -3.42. The van der Waals surface area contributed by atoms with Crippen molar-refractivity contribution in [3.63, 3.8) is 0 Å². The SMILES string of the molecule is O=C1Nc2ccccc2[C@]12[C@H]([N+](=O)[O-])[C@H](c1ccc(OCc3ccc(Cl)cc3)cc1)[C@@H]1CCCN12. The van der Waals surface area contributed by atoms with Crippen LogP contribution in [-0.2, 0) is 16.9 Å². The number of halogens is 1. The van der Waals surface area contributed by atoms with Gasteiger partial charge < -0.3 is 10.1 Å². The molecule has 0 unspecified atom stereocenters. The monoisotopic (exact) mass is 489 g/mol. The molecule has 3 aromatic rings. The second kappa shape index (κ2) is 8.36. The summed E-state index contributed by atoms with van der Waals surface area (Å²) < 4.78 is 5.92. The molecular weight excluding hydrogens is 466 g/mol. The molecule has 0 bridgehead atoms. The Morgan fingerprint density at radius 3 is 2.57 bits per heavy atom. The fraction of sp³-hybridized carbons (Fsp3) is 0.296. The van der Waals surface area contributed by atoms with Crippen molar-refractivity contribution in [1.82, 2.24) is 4.90 Å². The highest BCUT2D eigenvalue weighted by atomic mass is 35.5. The van der Waals surface area contributed by atoms with Gasteiger partial charge in [0.15, 0.2) is 5.54 Å². The van der Waals surface area contributed by atoms with E-state index in [0.29, 0.717) is 35.2 Å². The van der Waals surface area contributed by atoms with Crippen LogP contribution >= 0.6 is 11.6 Å². The maximum atomic E-state index is 13.5. The summed E-state index contributed by atoms with van der Waals surface area (Å²) in [5.41, 5.74) is 1.94. The number of ether oxygens (including phenoxy) is 1. The molecule has 0 saturated carbocycles. The summed E-state index contributed by atoms with van der Waals surface area (Å²) in [5, 5.41) is 16.3. The van der Waals surface area contributed by atoms with E-state index in [4.69, 9.17) is 16.3 Å². The van der Waals surface area contributed by atoms with E-state index in [1.807, 2.05) is 72.8 Å². The lowest BCUT2D eigenvalue weighted by Crippen LogP contribution is -2.55. The van der Waals surface area contributed by atoms with Crippen molar-refractivity contribution in [3.05, 3.63) is 105 Å². The number of carbonyl (C=O) groups excluding carboxylic acids is 1. The third-order valence-electron chi connectivity index (χ3n) is 7.68. The average Bonchev–Trinajstić information content (AvgIpc) is 3.52. The smallest absolute Gasteiger partial charge is 0.256 e. The summed E-state index contributed by atoms with van der Waals surface area (Å²) >= 11 is 5.95. The number of hydrogen-bond acceptors (Lipinski definition) is 5. The fourth-order valence-electron chi connectivity index (χ4n) is 6.31. The Balaban J connectivity index is 1.34. The molecule has 178 valence electrons. The number of nitrogens with zero attached hydrogens (tertiary/aromatic N) is 2. The van der Waals surface area contributed by atoms with E-state index in [9.17, 15) is 14.9 Å². The normalized spacial score (nSPS) is 27.0. The Morgan fingerprint density at radius 2 is 1.83 bits per heavy atom. The predicted octanol–water partition coefficient (Wildman–Crippen LogP) is 4.97. The van der Waals surface area contributed by atoms with E-state index in [1.54, 1.807) is 0 Å². The van der Waals surface area contributed by atoms with Gasteiger partial charge >= 0.3 is 0 Å². The van der Waals surface area contributed by atoms with Gasteiger partial charge in [-0.05, 0) is 54.3 Å². The Kier molecular flexibility index (Phi) is 5.27. The lowest BCUT2D eigenvalue weighted by molar-refractivity contribution is -0.534. The zero-order chi connectivity index (χ0) is 24.2. The fourth-order valence-corrected chi connectivity index (χ4v) is 6.43. The van der Waals surface area contributed by atoms with Crippen LogP contribution in [0.2, 0.25) is 5.02 Å². The number of nitrogens with one attached hydrogen (secondary N) is 1. The molecule has 3 aliphatic rings. The topological polar surface area (TPSA) is 84.7 Å². The van der Waals surface area contributed by atoms with Crippen LogP contribution in [0.25, 0.3) is 0 Å². The quantitative estimate of drug-likeness (QED) is 0.404. The van der Waals surface area contributed by atoms with Gasteiger partial charge in [-0.25, -0.2) is 0 Å². The van der Waals surface area contributed by atoms with Crippen LogP contribution in [0, 0.1) is 10.1 Å². The molecular formula is C27H24ClN3O4. The highest BCUT2D eigenvalue weighted by Crippen LogP contribution is 2.58. The van der Waals surface area contributed by atoms with Gasteiger partial charge in [0.1, 0.15) is 12.4 Å². The van der Waals surface area contributed by atoms with E-state index in [2.05, 4.69) is 10.2 Å². The van der Waals surface area contributed by atoms with Crippen molar-refractivity contribution < 1.29 is 14.5 Å². The van der Waals surface area contributed by atoms with Crippen molar-refractivity contribution in [2.45, 2.75) is 43.0 Å². The number of para-hydroxylation sites is 1. The minimum Gasteiger partial charge on any atom is -0.489 e. The predicted molar refractivity (Wildman–Crippen MR) is 132 cm³/mol. The molecule has 0 aliphatic carbocycles. The molecule has 8 heteroatoms. The van der Waals surface area contributed by atoms with Crippen LogP contribution in [0.5, 0.6) is 5.75 Å². The first kappa shape index (κ1) is 22.1. The van der Waals surface area contributed by atoms with Crippen molar-refractivity contribution in [1.29, 1.82) is 0 Å². The lowest BCUT2D eigenvalue weighted by Gasteiger charge is -2.32. The third-order valence-corrected chi connectivity index (χ3v) is 7.93. The van der Waals surface area contributed by atoms with Gasteiger partial charge in [0, 0.05) is 33.8 Å². The highest BCUT2D eigenvalue weighted by Gasteiger charge is 2.73. The van der Waals surface area contributed by atoms with Gasteiger partial charge in [-0.1, -0.05) is 54.1 Å². The molecule has 2 fully saturated rings. The Morgan fingerprint density at radius 1 is 1.09 bits per heavy atom. The largest absolute Gasteiger partial charge is 0.489 e. The van der Waals surface area contributed by atoms with Gasteiger partial charge in [-0.2, -0.15) is 0 Å². The number of fused-ring (bicyclic) bond motifs is 4. The molecule has 0 aromatic heterocycles. The van der Waals surface area contributed by atoms with Crippen LogP contribution in [0.15, 0.2) is 72.8 Å². The van der Waals surface area contributed by atoms with Crippen molar-refractivity contribution >= 4 is 23.2 Å². The number of hydrogen-bond donors (Lipinski definition) is 1. The van der Waals surface area contributed by atoms with Crippen LogP contribution < -0.4 is 10.1 Å². The molecule has 2 saturated heterocycles. The van der Waals surface area contributed by atoms with Crippen LogP contribution in [0.1, 0.15) is 35.4 Å². The summed E-state index contributed by atoms with van der Waals surface area (Å²) in [5.74, 6) is -0.0197. The first-order chi connectivity index (χ1) is 17.0. The number of rotatable bonds is 5. The molecule has 3 heterocycles. The molecule has 7 nitrogen and oxygen atoms in total. The van der Waals surface area contributed by atoms with E-state index >= 15 is 0 Å². The lowest BCUT2D eigenvalue weighted by atomic mass is 9.77. The van der Waals surface area contributed by atoms with Crippen LogP contribution in [-0.4, -0.2) is 34.4 Å². The number of benzene rings is 3. The molecule has 35 heavy (non-hydrogen) atoms. The van der Waals surface area contributed by atoms with E-state index in [1.165, 1.54) is 0 Å². The van der Waals surface area contributed by atoms with Crippen LogP contribution in [0.4, 0.5) is 5.69 Å². The first-order valence-electron chi connectivity index (χ1n) is 11.8. The second-order valence-corrected chi connectivity index (χ2v) is 9.85. The molecule has 4 atom stereocenters. The third kappa shape index (κ3) is 3.33. The summed E-state index contributed by atoms with van der Waals surface area (Å²) in [4.78, 5) is 28.0. The molecule has 3 aliphatic heterocycles. The zero-order valence-corrected chi connectivity index (χ0v) is 19.6. The summed E-state index contributed by atoms with van der Waals surface area (Å²) in [7, 11) is 0. The van der Waals surface area contributed by atoms with E-state index in [-0.39, 0.29) is 16.9 Å². The molecule has 1 spiro atoms. The minimum atomic E-state index is -1.30. The minimum absolute atomic E-state index is 0.0804. The molecule has 1 N–H and O–H groups in total. The summed E-state index contributed by atoms with van der Waals surface area (Å²) in [6.07, 6.45) is 1.73. The second-order valence-electron chi connectivity index (χ2n) is 9.41. The zero-order valence-electron chi connectivity index (χ0n) is 18.9. The maximum absolute atomic E-state index is 13.5. The standard InChI is InChI=1S/C27H24ClN3O4/c28-19-11-7-17(8-12-19)16-35-20-13-9-18(10-14-20)24-23-6-3-15-30(23)27(25(24)31(33)34)21-4-1-2-5-22(21)29-26(27)32/h1-2,4-5,7-14,23-25H,3,6,15-16H2,(H,29,32)/t23-,24+,25+,27-/m0/s1. The average molecular weight is 490 g/mol. The number of amides is 1. The Labute approximate surface area is 207 Å². The van der Waals surface area contributed by atoms with Gasteiger partial charge in [-0.15, -0.1) is 0 Å². The van der Waals surface area contributed by atoms with Gasteiger partial charge in [-0.3, -0.25) is 19.8 Å². The van der Waals surface area contributed by atoms with Gasteiger partial charge in [0.25, 0.3) is 11.9 Å². The van der Waals surface area contributed by atoms with E-state index < -0.39 is 17.5 Å². The number of carbonyl (C=O) groups is 1.